The molecule has 2 rings (SSSR count). The Balaban J connectivity index is 2.24. The molecule has 2 aromatic carbocycles. The summed E-state index contributed by atoms with van der Waals surface area (Å²) in [5.41, 5.74) is 2.85. The van der Waals surface area contributed by atoms with Crippen LogP contribution in [0.3, 0.4) is 0 Å². The van der Waals surface area contributed by atoms with Gasteiger partial charge in [-0.3, -0.25) is 0 Å². The van der Waals surface area contributed by atoms with Crippen LogP contribution in [0.2, 0.25) is 0 Å². The summed E-state index contributed by atoms with van der Waals surface area (Å²) in [4.78, 5) is 0.266. The number of rotatable bonds is 4. The summed E-state index contributed by atoms with van der Waals surface area (Å²) in [5.74, 6) is 0. The molecule has 0 saturated heterocycles. The minimum Gasteiger partial charge on any atom is -0.207 e. The van der Waals surface area contributed by atoms with Gasteiger partial charge in [0.15, 0.2) is 0 Å². The third kappa shape index (κ3) is 3.48. The highest BCUT2D eigenvalue weighted by Gasteiger charge is 2.16. The molecular weight excluding hydrogens is 284 g/mol. The predicted molar refractivity (Wildman–Crippen MR) is 81.1 cm³/mol. The van der Waals surface area contributed by atoms with Crippen LogP contribution in [0.1, 0.15) is 22.3 Å². The van der Waals surface area contributed by atoms with E-state index in [1.807, 2.05) is 13.0 Å². The molecule has 0 unspecified atom stereocenters. The van der Waals surface area contributed by atoms with Crippen molar-refractivity contribution in [2.24, 2.45) is 0 Å². The van der Waals surface area contributed by atoms with Gasteiger partial charge in [0, 0.05) is 6.54 Å². The van der Waals surface area contributed by atoms with Crippen molar-refractivity contribution in [3.8, 4) is 6.07 Å². The molecule has 0 aromatic heterocycles. The molecule has 0 aliphatic heterocycles. The van der Waals surface area contributed by atoms with E-state index in [4.69, 9.17) is 5.26 Å². The molecule has 0 amide bonds. The maximum Gasteiger partial charge on any atom is 0.241 e. The predicted octanol–water partition coefficient (Wildman–Crippen LogP) is 2.65. The summed E-state index contributed by atoms with van der Waals surface area (Å²) in [5, 5.41) is 9.01. The molecule has 0 heterocycles. The van der Waals surface area contributed by atoms with Crippen molar-refractivity contribution in [1.82, 2.24) is 4.72 Å². The minimum absolute atomic E-state index is 0.0966. The first-order chi connectivity index (χ1) is 9.94. The molecule has 108 valence electrons. The summed E-state index contributed by atoms with van der Waals surface area (Å²) in [6.07, 6.45) is 0. The van der Waals surface area contributed by atoms with Crippen LogP contribution in [0.5, 0.6) is 0 Å². The molecule has 5 heteroatoms. The van der Waals surface area contributed by atoms with Gasteiger partial charge in [0.1, 0.15) is 0 Å². The fourth-order valence-corrected chi connectivity index (χ4v) is 3.37. The number of hydrogen-bond donors (Lipinski definition) is 1. The number of nitrogens with one attached hydrogen (secondary N) is 1. The Hall–Kier alpha value is -2.16. The Labute approximate surface area is 125 Å². The smallest absolute Gasteiger partial charge is 0.207 e. The van der Waals surface area contributed by atoms with Crippen molar-refractivity contribution < 1.29 is 8.42 Å². The fourth-order valence-electron chi connectivity index (χ4n) is 2.13. The molecular formula is C16H16N2O2S. The zero-order valence-electron chi connectivity index (χ0n) is 11.9. The zero-order chi connectivity index (χ0) is 15.5. The molecule has 0 aliphatic carbocycles. The van der Waals surface area contributed by atoms with Gasteiger partial charge < -0.3 is 0 Å². The van der Waals surface area contributed by atoms with Crippen LogP contribution in [0, 0.1) is 25.2 Å². The van der Waals surface area contributed by atoms with E-state index in [0.29, 0.717) is 16.7 Å². The lowest BCUT2D eigenvalue weighted by Crippen LogP contribution is -2.24. The molecule has 0 saturated carbocycles. The molecule has 0 spiro atoms. The average Bonchev–Trinajstić information content (AvgIpc) is 2.45. The molecule has 0 aliphatic rings. The molecule has 0 fully saturated rings. The summed E-state index contributed by atoms with van der Waals surface area (Å²) >= 11 is 0. The van der Waals surface area contributed by atoms with Crippen LogP contribution >= 0.6 is 0 Å². The van der Waals surface area contributed by atoms with Crippen LogP contribution in [-0.2, 0) is 16.6 Å². The topological polar surface area (TPSA) is 70.0 Å². The first-order valence-corrected chi connectivity index (χ1v) is 7.97. The first-order valence-electron chi connectivity index (χ1n) is 6.49. The third-order valence-corrected chi connectivity index (χ3v) is 4.77. The second-order valence-electron chi connectivity index (χ2n) is 4.86. The van der Waals surface area contributed by atoms with Crippen molar-refractivity contribution in [3.63, 3.8) is 0 Å². The van der Waals surface area contributed by atoms with Gasteiger partial charge >= 0.3 is 0 Å². The van der Waals surface area contributed by atoms with Gasteiger partial charge in [-0.05, 0) is 37.1 Å². The van der Waals surface area contributed by atoms with E-state index in [0.717, 1.165) is 5.56 Å². The monoisotopic (exact) mass is 300 g/mol. The lowest BCUT2D eigenvalue weighted by molar-refractivity contribution is 0.580. The third-order valence-electron chi connectivity index (χ3n) is 3.21. The van der Waals surface area contributed by atoms with Gasteiger partial charge in [-0.15, -0.1) is 0 Å². The van der Waals surface area contributed by atoms with E-state index < -0.39 is 10.0 Å². The average molecular weight is 300 g/mol. The molecule has 4 nitrogen and oxygen atoms in total. The van der Waals surface area contributed by atoms with Crippen molar-refractivity contribution >= 4 is 10.0 Å². The van der Waals surface area contributed by atoms with Crippen LogP contribution in [-0.4, -0.2) is 8.42 Å². The Morgan fingerprint density at radius 3 is 2.52 bits per heavy atom. The van der Waals surface area contributed by atoms with E-state index in [-0.39, 0.29) is 11.4 Å². The Morgan fingerprint density at radius 1 is 1.14 bits per heavy atom. The Kier molecular flexibility index (Phi) is 4.41. The summed E-state index contributed by atoms with van der Waals surface area (Å²) in [6, 6.07) is 14.2. The number of sulfonamides is 1. The van der Waals surface area contributed by atoms with Crippen molar-refractivity contribution in [2.45, 2.75) is 25.3 Å². The van der Waals surface area contributed by atoms with Gasteiger partial charge in [0.05, 0.1) is 16.5 Å². The SMILES string of the molecule is Cc1ccc(S(=O)(=O)NCc2ccccc2C#N)c(C)c1. The highest BCUT2D eigenvalue weighted by molar-refractivity contribution is 7.89. The van der Waals surface area contributed by atoms with Crippen molar-refractivity contribution in [2.75, 3.05) is 0 Å². The van der Waals surface area contributed by atoms with Gasteiger partial charge in [0.25, 0.3) is 0 Å². The van der Waals surface area contributed by atoms with E-state index in [1.54, 1.807) is 43.3 Å². The van der Waals surface area contributed by atoms with E-state index in [9.17, 15) is 8.42 Å². The molecule has 2 aromatic rings. The molecule has 0 bridgehead atoms. The van der Waals surface area contributed by atoms with Gasteiger partial charge in [-0.25, -0.2) is 13.1 Å². The number of hydrogen-bond acceptors (Lipinski definition) is 3. The summed E-state index contributed by atoms with van der Waals surface area (Å²) in [7, 11) is -3.59. The van der Waals surface area contributed by atoms with Crippen LogP contribution in [0.25, 0.3) is 0 Å². The number of nitrogens with zero attached hydrogens (tertiary/aromatic N) is 1. The number of aryl methyl sites for hydroxylation is 2. The van der Waals surface area contributed by atoms with Crippen LogP contribution < -0.4 is 4.72 Å². The first kappa shape index (κ1) is 15.2. The largest absolute Gasteiger partial charge is 0.241 e. The number of benzene rings is 2. The molecule has 0 atom stereocenters. The van der Waals surface area contributed by atoms with Crippen molar-refractivity contribution in [1.29, 1.82) is 5.26 Å². The van der Waals surface area contributed by atoms with Gasteiger partial charge in [-0.2, -0.15) is 5.26 Å². The molecule has 1 N–H and O–H groups in total. The highest BCUT2D eigenvalue weighted by atomic mass is 32.2. The van der Waals surface area contributed by atoms with Crippen molar-refractivity contribution in [3.05, 3.63) is 64.7 Å². The summed E-state index contributed by atoms with van der Waals surface area (Å²) < 4.78 is 27.2. The van der Waals surface area contributed by atoms with E-state index in [2.05, 4.69) is 10.8 Å². The molecule has 0 radical (unpaired) electrons. The Morgan fingerprint density at radius 2 is 1.86 bits per heavy atom. The number of nitriles is 1. The maximum absolute atomic E-state index is 12.3. The normalized spacial score (nSPS) is 11.1. The lowest BCUT2D eigenvalue weighted by Gasteiger charge is -2.10. The van der Waals surface area contributed by atoms with Gasteiger partial charge in [-0.1, -0.05) is 35.9 Å². The minimum atomic E-state index is -3.59. The highest BCUT2D eigenvalue weighted by Crippen LogP contribution is 2.17. The standard InChI is InChI=1S/C16H16N2O2S/c1-12-7-8-16(13(2)9-12)21(19,20)18-11-15-6-4-3-5-14(15)10-17/h3-9,18H,11H2,1-2H3. The van der Waals surface area contributed by atoms with Crippen LogP contribution in [0.4, 0.5) is 0 Å². The zero-order valence-corrected chi connectivity index (χ0v) is 12.7. The Bertz CT molecular complexity index is 805. The lowest BCUT2D eigenvalue weighted by atomic mass is 10.1. The second kappa shape index (κ2) is 6.08. The van der Waals surface area contributed by atoms with Gasteiger partial charge in [0.2, 0.25) is 10.0 Å². The van der Waals surface area contributed by atoms with E-state index in [1.165, 1.54) is 0 Å². The van der Waals surface area contributed by atoms with E-state index >= 15 is 0 Å². The summed E-state index contributed by atoms with van der Waals surface area (Å²) in [6.45, 7) is 3.78. The van der Waals surface area contributed by atoms with Crippen LogP contribution in [0.15, 0.2) is 47.4 Å². The quantitative estimate of drug-likeness (QED) is 0.943. The maximum atomic E-state index is 12.3. The molecule has 21 heavy (non-hydrogen) atoms. The fraction of sp³-hybridized carbons (Fsp3) is 0.188. The second-order valence-corrected chi connectivity index (χ2v) is 6.60.